The normalized spacial score (nSPS) is 13.1. The lowest BCUT2D eigenvalue weighted by Gasteiger charge is -2.13. The van der Waals surface area contributed by atoms with Crippen LogP contribution >= 0.6 is 27.5 Å². The summed E-state index contributed by atoms with van der Waals surface area (Å²) in [5.74, 6) is -0.449. The maximum absolute atomic E-state index is 11.9. The lowest BCUT2D eigenvalue weighted by molar-refractivity contribution is 0.0943. The summed E-state index contributed by atoms with van der Waals surface area (Å²) < 4.78 is 22.9. The number of carbonyl (C=O) groups is 1. The Morgan fingerprint density at radius 1 is 1.44 bits per heavy atom. The molecular formula is C11H13BrClNO3S. The molecule has 0 fully saturated rings. The molecule has 1 aromatic rings. The molecule has 1 N–H and O–H groups in total. The van der Waals surface area contributed by atoms with E-state index in [9.17, 15) is 13.2 Å². The molecule has 0 spiro atoms. The van der Waals surface area contributed by atoms with Gasteiger partial charge in [0, 0.05) is 27.4 Å². The SMILES string of the molecule is CC(CS(C)(=O)=O)NC(=O)c1cc(Cl)cc(Br)c1. The molecule has 1 unspecified atom stereocenters. The van der Waals surface area contributed by atoms with Gasteiger partial charge in [0.25, 0.3) is 5.91 Å². The average Bonchev–Trinajstić information content (AvgIpc) is 2.12. The van der Waals surface area contributed by atoms with Gasteiger partial charge in [0.05, 0.1) is 5.75 Å². The monoisotopic (exact) mass is 353 g/mol. The Hall–Kier alpha value is -0.590. The number of amides is 1. The van der Waals surface area contributed by atoms with Gasteiger partial charge in [-0.1, -0.05) is 27.5 Å². The molecule has 0 radical (unpaired) electrons. The molecule has 0 heterocycles. The van der Waals surface area contributed by atoms with Crippen molar-refractivity contribution >= 4 is 43.3 Å². The first-order valence-electron chi connectivity index (χ1n) is 5.12. The number of hydrogen-bond donors (Lipinski definition) is 1. The van der Waals surface area contributed by atoms with E-state index < -0.39 is 15.9 Å². The van der Waals surface area contributed by atoms with Crippen molar-refractivity contribution in [2.45, 2.75) is 13.0 Å². The van der Waals surface area contributed by atoms with Crippen molar-refractivity contribution in [3.05, 3.63) is 33.3 Å². The van der Waals surface area contributed by atoms with Crippen molar-refractivity contribution in [3.63, 3.8) is 0 Å². The van der Waals surface area contributed by atoms with Gasteiger partial charge >= 0.3 is 0 Å². The number of nitrogens with one attached hydrogen (secondary N) is 1. The minimum absolute atomic E-state index is 0.0968. The molecule has 4 nitrogen and oxygen atoms in total. The van der Waals surface area contributed by atoms with E-state index in [1.807, 2.05) is 0 Å². The van der Waals surface area contributed by atoms with Crippen molar-refractivity contribution in [1.29, 1.82) is 0 Å². The van der Waals surface area contributed by atoms with Crippen LogP contribution in [-0.4, -0.2) is 32.4 Å². The zero-order chi connectivity index (χ0) is 13.9. The van der Waals surface area contributed by atoms with Crippen molar-refractivity contribution in [3.8, 4) is 0 Å². The molecule has 0 aliphatic heterocycles. The number of carbonyl (C=O) groups excluding carboxylic acids is 1. The van der Waals surface area contributed by atoms with Crippen LogP contribution in [0, 0.1) is 0 Å². The first-order chi connectivity index (χ1) is 8.17. The summed E-state index contributed by atoms with van der Waals surface area (Å²) in [5.41, 5.74) is 0.384. The summed E-state index contributed by atoms with van der Waals surface area (Å²) in [4.78, 5) is 11.9. The first-order valence-corrected chi connectivity index (χ1v) is 8.35. The number of rotatable bonds is 4. The topological polar surface area (TPSA) is 63.2 Å². The Morgan fingerprint density at radius 3 is 2.56 bits per heavy atom. The predicted octanol–water partition coefficient (Wildman–Crippen LogP) is 2.27. The average molecular weight is 355 g/mol. The Labute approximate surface area is 120 Å². The molecule has 0 aromatic heterocycles. The maximum Gasteiger partial charge on any atom is 0.251 e. The molecule has 7 heteroatoms. The van der Waals surface area contributed by atoms with Crippen LogP contribution in [-0.2, 0) is 9.84 Å². The highest BCUT2D eigenvalue weighted by Crippen LogP contribution is 2.19. The Bertz CT molecular complexity index is 539. The third kappa shape index (κ3) is 5.37. The maximum atomic E-state index is 11.9. The standard InChI is InChI=1S/C11H13BrClNO3S/c1-7(6-18(2,16)17)14-11(15)8-3-9(12)5-10(13)4-8/h3-5,7H,6H2,1-2H3,(H,14,15). The summed E-state index contributed by atoms with van der Waals surface area (Å²) in [5, 5.41) is 3.05. The van der Waals surface area contributed by atoms with E-state index in [1.165, 1.54) is 6.07 Å². The molecular weight excluding hydrogens is 342 g/mol. The Balaban J connectivity index is 2.76. The van der Waals surface area contributed by atoms with Crippen LogP contribution in [0.3, 0.4) is 0 Å². The highest BCUT2D eigenvalue weighted by molar-refractivity contribution is 9.10. The van der Waals surface area contributed by atoms with Crippen LogP contribution in [0.2, 0.25) is 5.02 Å². The van der Waals surface area contributed by atoms with Gasteiger partial charge in [0.1, 0.15) is 9.84 Å². The summed E-state index contributed by atoms with van der Waals surface area (Å²) >= 11 is 9.07. The molecule has 0 aliphatic carbocycles. The van der Waals surface area contributed by atoms with Gasteiger partial charge in [0.2, 0.25) is 0 Å². The fourth-order valence-corrected chi connectivity index (χ4v) is 3.34. The van der Waals surface area contributed by atoms with Gasteiger partial charge in [-0.25, -0.2) is 8.42 Å². The van der Waals surface area contributed by atoms with Crippen LogP contribution in [0.1, 0.15) is 17.3 Å². The van der Waals surface area contributed by atoms with Gasteiger partial charge in [-0.2, -0.15) is 0 Å². The van der Waals surface area contributed by atoms with E-state index in [2.05, 4.69) is 21.2 Å². The van der Waals surface area contributed by atoms with E-state index in [4.69, 9.17) is 11.6 Å². The number of sulfone groups is 1. The van der Waals surface area contributed by atoms with Crippen LogP contribution in [0.4, 0.5) is 0 Å². The Kier molecular flexibility index (Phi) is 5.19. The summed E-state index contributed by atoms with van der Waals surface area (Å²) in [6.45, 7) is 1.64. The smallest absolute Gasteiger partial charge is 0.251 e. The van der Waals surface area contributed by atoms with Crippen LogP contribution in [0.25, 0.3) is 0 Å². The lowest BCUT2D eigenvalue weighted by atomic mass is 10.2. The van der Waals surface area contributed by atoms with E-state index in [0.717, 1.165) is 6.26 Å². The van der Waals surface area contributed by atoms with Crippen molar-refractivity contribution in [2.24, 2.45) is 0 Å². The van der Waals surface area contributed by atoms with Crippen LogP contribution < -0.4 is 5.32 Å². The Morgan fingerprint density at radius 2 is 2.06 bits per heavy atom. The third-order valence-electron chi connectivity index (χ3n) is 2.05. The zero-order valence-corrected chi connectivity index (χ0v) is 13.1. The summed E-state index contributed by atoms with van der Waals surface area (Å²) in [6, 6.07) is 4.35. The van der Waals surface area contributed by atoms with Gasteiger partial charge in [-0.3, -0.25) is 4.79 Å². The summed E-state index contributed by atoms with van der Waals surface area (Å²) in [6.07, 6.45) is 1.13. The fraction of sp³-hybridized carbons (Fsp3) is 0.364. The van der Waals surface area contributed by atoms with Gasteiger partial charge < -0.3 is 5.32 Å². The lowest BCUT2D eigenvalue weighted by Crippen LogP contribution is -2.37. The highest BCUT2D eigenvalue weighted by atomic mass is 79.9. The molecule has 0 aliphatic rings. The molecule has 0 bridgehead atoms. The highest BCUT2D eigenvalue weighted by Gasteiger charge is 2.15. The quantitative estimate of drug-likeness (QED) is 0.902. The minimum atomic E-state index is -3.12. The van der Waals surface area contributed by atoms with Crippen molar-refractivity contribution < 1.29 is 13.2 Å². The second-order valence-corrected chi connectivity index (χ2v) is 7.66. The fourth-order valence-electron chi connectivity index (χ4n) is 1.49. The van der Waals surface area contributed by atoms with Gasteiger partial charge in [-0.15, -0.1) is 0 Å². The first kappa shape index (κ1) is 15.5. The van der Waals surface area contributed by atoms with E-state index in [-0.39, 0.29) is 11.7 Å². The largest absolute Gasteiger partial charge is 0.349 e. The number of halogens is 2. The summed E-state index contributed by atoms with van der Waals surface area (Å²) in [7, 11) is -3.12. The van der Waals surface area contributed by atoms with Gasteiger partial charge in [-0.05, 0) is 25.1 Å². The van der Waals surface area contributed by atoms with E-state index >= 15 is 0 Å². The predicted molar refractivity (Wildman–Crippen MR) is 75.8 cm³/mol. The second-order valence-electron chi connectivity index (χ2n) is 4.13. The molecule has 1 atom stereocenters. The molecule has 0 saturated heterocycles. The van der Waals surface area contributed by atoms with Crippen molar-refractivity contribution in [1.82, 2.24) is 5.32 Å². The van der Waals surface area contributed by atoms with Gasteiger partial charge in [0.15, 0.2) is 0 Å². The number of benzene rings is 1. The molecule has 1 rings (SSSR count). The third-order valence-corrected chi connectivity index (χ3v) is 3.84. The molecule has 1 amide bonds. The molecule has 1 aromatic carbocycles. The molecule has 18 heavy (non-hydrogen) atoms. The molecule has 0 saturated carbocycles. The second kappa shape index (κ2) is 6.04. The number of hydrogen-bond acceptors (Lipinski definition) is 3. The zero-order valence-electron chi connectivity index (χ0n) is 9.91. The van der Waals surface area contributed by atoms with Crippen LogP contribution in [0.15, 0.2) is 22.7 Å². The van der Waals surface area contributed by atoms with E-state index in [0.29, 0.717) is 15.1 Å². The minimum Gasteiger partial charge on any atom is -0.349 e. The van der Waals surface area contributed by atoms with Crippen molar-refractivity contribution in [2.75, 3.05) is 12.0 Å². The van der Waals surface area contributed by atoms with E-state index in [1.54, 1.807) is 19.1 Å². The molecule has 100 valence electrons. The van der Waals surface area contributed by atoms with Crippen LogP contribution in [0.5, 0.6) is 0 Å².